The molecule has 9 heteroatoms. The molecule has 0 aliphatic carbocycles. The van der Waals surface area contributed by atoms with Crippen LogP contribution in [0.3, 0.4) is 0 Å². The monoisotopic (exact) mass is 490 g/mol. The van der Waals surface area contributed by atoms with Crippen molar-refractivity contribution in [3.05, 3.63) is 82.7 Å². The molecular weight excluding hydrogens is 467 g/mol. The van der Waals surface area contributed by atoms with Crippen molar-refractivity contribution in [2.24, 2.45) is 0 Å². The number of amides is 3. The first-order valence-corrected chi connectivity index (χ1v) is 11.2. The van der Waals surface area contributed by atoms with E-state index < -0.39 is 35.6 Å². The maximum atomic E-state index is 14.5. The van der Waals surface area contributed by atoms with Gasteiger partial charge in [-0.15, -0.1) is 0 Å². The number of fused-ring (bicyclic) bond motifs is 1. The number of halogens is 1. The Bertz CT molecular complexity index is 1360. The second-order valence-corrected chi connectivity index (χ2v) is 8.52. The number of imide groups is 1. The van der Waals surface area contributed by atoms with Crippen molar-refractivity contribution >= 4 is 23.4 Å². The molecule has 3 aromatic carbocycles. The first kappa shape index (κ1) is 23.3. The first-order valence-electron chi connectivity index (χ1n) is 11.2. The Morgan fingerprint density at radius 2 is 1.33 bits per heavy atom. The van der Waals surface area contributed by atoms with E-state index in [9.17, 15) is 18.8 Å². The number of β-lactam (4-membered cyclic amide) rings is 1. The van der Waals surface area contributed by atoms with Gasteiger partial charge in [0.1, 0.15) is 11.9 Å². The molecule has 2 heterocycles. The molecule has 0 aromatic heterocycles. The van der Waals surface area contributed by atoms with Crippen LogP contribution >= 0.6 is 0 Å². The topological polar surface area (TPSA) is 85.4 Å². The summed E-state index contributed by atoms with van der Waals surface area (Å²) in [6.07, 6.45) is 0. The molecule has 0 radical (unpaired) electrons. The summed E-state index contributed by atoms with van der Waals surface area (Å²) in [4.78, 5) is 42.4. The molecule has 1 saturated heterocycles. The second kappa shape index (κ2) is 8.67. The number of anilines is 1. The van der Waals surface area contributed by atoms with E-state index >= 15 is 0 Å². The van der Waals surface area contributed by atoms with E-state index in [0.717, 1.165) is 4.90 Å². The van der Waals surface area contributed by atoms with Crippen LogP contribution in [0.1, 0.15) is 37.9 Å². The normalized spacial score (nSPS) is 18.8. The van der Waals surface area contributed by atoms with E-state index in [1.165, 1.54) is 32.3 Å². The highest BCUT2D eigenvalue weighted by Crippen LogP contribution is 2.48. The number of benzene rings is 3. The van der Waals surface area contributed by atoms with E-state index in [2.05, 4.69) is 0 Å². The third-order valence-electron chi connectivity index (χ3n) is 6.63. The van der Waals surface area contributed by atoms with E-state index in [0.29, 0.717) is 34.1 Å². The summed E-state index contributed by atoms with van der Waals surface area (Å²) in [5, 5.41) is 0. The number of hydrogen-bond acceptors (Lipinski definition) is 6. The molecule has 2 atom stereocenters. The van der Waals surface area contributed by atoms with Gasteiger partial charge in [0.2, 0.25) is 5.75 Å². The summed E-state index contributed by atoms with van der Waals surface area (Å²) in [5.41, 5.74) is 1.71. The summed E-state index contributed by atoms with van der Waals surface area (Å²) >= 11 is 0. The van der Waals surface area contributed by atoms with Crippen LogP contribution in [0.25, 0.3) is 0 Å². The molecule has 36 heavy (non-hydrogen) atoms. The summed E-state index contributed by atoms with van der Waals surface area (Å²) in [6.45, 7) is 1.62. The molecule has 5 rings (SSSR count). The number of carbonyl (C=O) groups excluding carboxylic acids is 3. The van der Waals surface area contributed by atoms with E-state index in [1.54, 1.807) is 55.5 Å². The average Bonchev–Trinajstić information content (AvgIpc) is 3.13. The predicted molar refractivity (Wildman–Crippen MR) is 128 cm³/mol. The average molecular weight is 490 g/mol. The number of methoxy groups -OCH3 is 3. The molecule has 2 aliphatic heterocycles. The second-order valence-electron chi connectivity index (χ2n) is 8.52. The van der Waals surface area contributed by atoms with Gasteiger partial charge >= 0.3 is 0 Å². The van der Waals surface area contributed by atoms with E-state index in [1.807, 2.05) is 0 Å². The van der Waals surface area contributed by atoms with Crippen molar-refractivity contribution in [3.63, 3.8) is 0 Å². The Labute approximate surface area is 206 Å². The third-order valence-corrected chi connectivity index (χ3v) is 6.63. The molecule has 0 N–H and O–H groups in total. The van der Waals surface area contributed by atoms with Crippen LogP contribution in [0.4, 0.5) is 10.1 Å². The zero-order chi connectivity index (χ0) is 25.7. The van der Waals surface area contributed by atoms with Crippen molar-refractivity contribution in [3.8, 4) is 17.2 Å². The Kier molecular flexibility index (Phi) is 5.62. The molecule has 1 fully saturated rings. The first-order chi connectivity index (χ1) is 17.3. The lowest BCUT2D eigenvalue weighted by molar-refractivity contribution is -0.130. The summed E-state index contributed by atoms with van der Waals surface area (Å²) in [5.74, 6) is -1.08. The molecular formula is C27H23FN2O6. The highest BCUT2D eigenvalue weighted by Gasteiger charge is 2.57. The van der Waals surface area contributed by atoms with E-state index in [4.69, 9.17) is 14.2 Å². The lowest BCUT2D eigenvalue weighted by atomic mass is 9.85. The molecule has 3 aromatic rings. The van der Waals surface area contributed by atoms with Crippen molar-refractivity contribution < 1.29 is 33.0 Å². The molecule has 0 saturated carbocycles. The fourth-order valence-electron chi connectivity index (χ4n) is 4.81. The van der Waals surface area contributed by atoms with Crippen LogP contribution in [0.2, 0.25) is 0 Å². The van der Waals surface area contributed by atoms with Gasteiger partial charge in [-0.2, -0.15) is 0 Å². The van der Waals surface area contributed by atoms with Crippen molar-refractivity contribution in [1.29, 1.82) is 0 Å². The molecule has 0 spiro atoms. The predicted octanol–water partition coefficient (Wildman–Crippen LogP) is 3.91. The van der Waals surface area contributed by atoms with Crippen LogP contribution in [-0.4, -0.2) is 50.0 Å². The fourth-order valence-corrected chi connectivity index (χ4v) is 4.81. The van der Waals surface area contributed by atoms with Gasteiger partial charge in [0.25, 0.3) is 17.7 Å². The van der Waals surface area contributed by atoms with Crippen LogP contribution in [0, 0.1) is 12.7 Å². The summed E-state index contributed by atoms with van der Waals surface area (Å²) in [7, 11) is 4.39. The third kappa shape index (κ3) is 3.30. The van der Waals surface area contributed by atoms with Crippen LogP contribution in [0.15, 0.2) is 54.6 Å². The molecule has 8 nitrogen and oxygen atoms in total. The molecule has 2 aliphatic rings. The highest BCUT2D eigenvalue weighted by atomic mass is 19.1. The van der Waals surface area contributed by atoms with Gasteiger partial charge in [-0.25, -0.2) is 4.39 Å². The molecule has 0 bridgehead atoms. The summed E-state index contributed by atoms with van der Waals surface area (Å²) < 4.78 is 30.8. The Morgan fingerprint density at radius 3 is 1.83 bits per heavy atom. The minimum absolute atomic E-state index is 0.235. The van der Waals surface area contributed by atoms with Gasteiger partial charge in [-0.05, 0) is 54.4 Å². The Balaban J connectivity index is 1.66. The highest BCUT2D eigenvalue weighted by molar-refractivity contribution is 6.24. The number of ether oxygens (including phenoxy) is 3. The lowest BCUT2D eigenvalue weighted by Crippen LogP contribution is -2.67. The van der Waals surface area contributed by atoms with Crippen LogP contribution in [0.5, 0.6) is 17.2 Å². The van der Waals surface area contributed by atoms with Crippen molar-refractivity contribution in [2.75, 3.05) is 26.2 Å². The largest absolute Gasteiger partial charge is 0.493 e. The molecule has 0 unspecified atom stereocenters. The van der Waals surface area contributed by atoms with Crippen molar-refractivity contribution in [1.82, 2.24) is 4.90 Å². The smallest absolute Gasteiger partial charge is 0.262 e. The molecule has 3 amide bonds. The minimum Gasteiger partial charge on any atom is -0.493 e. The fraction of sp³-hybridized carbons (Fsp3) is 0.222. The van der Waals surface area contributed by atoms with Gasteiger partial charge in [-0.3, -0.25) is 19.3 Å². The Hall–Kier alpha value is -4.40. The maximum Gasteiger partial charge on any atom is 0.262 e. The Morgan fingerprint density at radius 1 is 0.750 bits per heavy atom. The summed E-state index contributed by atoms with van der Waals surface area (Å²) in [6, 6.07) is 12.2. The molecule has 184 valence electrons. The van der Waals surface area contributed by atoms with Crippen LogP contribution < -0.4 is 19.1 Å². The van der Waals surface area contributed by atoms with E-state index in [-0.39, 0.29) is 11.1 Å². The van der Waals surface area contributed by atoms with Crippen molar-refractivity contribution in [2.45, 2.75) is 19.0 Å². The maximum absolute atomic E-state index is 14.5. The number of hydrogen-bond donors (Lipinski definition) is 0. The minimum atomic E-state index is -1.15. The standard InChI is InChI=1S/C27H23FN2O6/c1-14-9-10-16(13-19(14)28)29-22(15-11-20(34-2)24(36-4)21(12-15)35-3)23(27(29)33)30-25(31)17-7-5-6-8-18(17)26(30)32/h5-13,22-23H,1-4H3/t22-,23-/m0/s1. The lowest BCUT2D eigenvalue weighted by Gasteiger charge is -2.49. The number of carbonyl (C=O) groups is 3. The van der Waals surface area contributed by atoms with Gasteiger partial charge in [0.05, 0.1) is 38.5 Å². The zero-order valence-electron chi connectivity index (χ0n) is 20.1. The zero-order valence-corrected chi connectivity index (χ0v) is 20.1. The SMILES string of the molecule is COc1cc([C@H]2[C@H](N3C(=O)c4ccccc4C3=O)C(=O)N2c2ccc(C)c(F)c2)cc(OC)c1OC. The van der Waals surface area contributed by atoms with Gasteiger partial charge in [-0.1, -0.05) is 18.2 Å². The van der Waals surface area contributed by atoms with Gasteiger partial charge in [0, 0.05) is 5.69 Å². The number of rotatable bonds is 6. The number of aryl methyl sites for hydroxylation is 1. The quantitative estimate of drug-likeness (QED) is 0.385. The number of nitrogens with zero attached hydrogens (tertiary/aromatic N) is 2. The van der Waals surface area contributed by atoms with Crippen LogP contribution in [-0.2, 0) is 4.79 Å². The van der Waals surface area contributed by atoms with Gasteiger partial charge < -0.3 is 19.1 Å². The van der Waals surface area contributed by atoms with Gasteiger partial charge in [0.15, 0.2) is 11.5 Å².